The van der Waals surface area contributed by atoms with Gasteiger partial charge in [-0.1, -0.05) is 71.7 Å². The summed E-state index contributed by atoms with van der Waals surface area (Å²) in [5, 5.41) is 1.28. The van der Waals surface area contributed by atoms with Gasteiger partial charge in [0.15, 0.2) is 0 Å². The van der Waals surface area contributed by atoms with E-state index in [2.05, 4.69) is 0 Å². The molecule has 3 aromatic carbocycles. The van der Waals surface area contributed by atoms with Crippen LogP contribution in [-0.4, -0.2) is 11.6 Å². The number of halogens is 2. The molecule has 0 aromatic heterocycles. The van der Waals surface area contributed by atoms with Gasteiger partial charge in [-0.2, -0.15) is 0 Å². The van der Waals surface area contributed by atoms with Gasteiger partial charge in [0.1, 0.15) is 0 Å². The van der Waals surface area contributed by atoms with Crippen LogP contribution in [0.4, 0.5) is 0 Å². The largest absolute Gasteiger partial charge is 0.286 e. The quantitative estimate of drug-likeness (QED) is 0.481. The third-order valence-electron chi connectivity index (χ3n) is 4.60. The van der Waals surface area contributed by atoms with Crippen molar-refractivity contribution in [3.8, 4) is 0 Å². The molecule has 0 bridgehead atoms. The number of allylic oxidation sites excluding steroid dienone is 3. The third-order valence-corrected chi connectivity index (χ3v) is 5.11. The lowest BCUT2D eigenvalue weighted by atomic mass is 9.86. The maximum atomic E-state index is 12.2. The summed E-state index contributed by atoms with van der Waals surface area (Å²) in [6, 6.07) is 22.1. The first kappa shape index (κ1) is 18.4. The number of ketones is 2. The summed E-state index contributed by atoms with van der Waals surface area (Å²) in [5.41, 5.74) is 4.64. The summed E-state index contributed by atoms with van der Waals surface area (Å²) < 4.78 is 0. The molecular weight excluding hydrogens is 391 g/mol. The Balaban J connectivity index is 1.91. The Labute approximate surface area is 172 Å². The lowest BCUT2D eigenvalue weighted by Crippen LogP contribution is -2.18. The Morgan fingerprint density at radius 1 is 0.679 bits per heavy atom. The van der Waals surface area contributed by atoms with Gasteiger partial charge in [-0.25, -0.2) is 0 Å². The van der Waals surface area contributed by atoms with Crippen molar-refractivity contribution in [1.29, 1.82) is 0 Å². The van der Waals surface area contributed by atoms with Gasteiger partial charge in [0.05, 0.1) is 0 Å². The van der Waals surface area contributed by atoms with Crippen molar-refractivity contribution in [3.05, 3.63) is 117 Å². The Bertz CT molecular complexity index is 1090. The van der Waals surface area contributed by atoms with Gasteiger partial charge in [-0.15, -0.1) is 0 Å². The number of fused-ring (bicyclic) bond motifs is 1. The SMILES string of the molecule is O=C1C=C(C=C(c2ccc(Cl)cc2)c2ccc(Cl)cc2)c2ccccc2C1=O. The van der Waals surface area contributed by atoms with Crippen molar-refractivity contribution in [2.75, 3.05) is 0 Å². The minimum Gasteiger partial charge on any atom is -0.286 e. The highest BCUT2D eigenvalue weighted by Gasteiger charge is 2.24. The predicted molar refractivity (Wildman–Crippen MR) is 114 cm³/mol. The fourth-order valence-corrected chi connectivity index (χ4v) is 3.47. The van der Waals surface area contributed by atoms with Crippen LogP contribution in [0, 0.1) is 0 Å². The van der Waals surface area contributed by atoms with E-state index in [1.54, 1.807) is 12.1 Å². The smallest absolute Gasteiger partial charge is 0.233 e. The lowest BCUT2D eigenvalue weighted by molar-refractivity contribution is -0.110. The number of Topliss-reactive ketones (excluding diaryl/α,β-unsaturated/α-hetero) is 1. The van der Waals surface area contributed by atoms with E-state index in [4.69, 9.17) is 23.2 Å². The molecule has 28 heavy (non-hydrogen) atoms. The molecule has 0 heterocycles. The Morgan fingerprint density at radius 3 is 1.71 bits per heavy atom. The third kappa shape index (κ3) is 3.57. The molecule has 0 fully saturated rings. The molecule has 0 atom stereocenters. The maximum Gasteiger partial charge on any atom is 0.233 e. The van der Waals surface area contributed by atoms with E-state index >= 15 is 0 Å². The highest BCUT2D eigenvalue weighted by molar-refractivity contribution is 6.51. The van der Waals surface area contributed by atoms with Crippen molar-refractivity contribution in [2.24, 2.45) is 0 Å². The highest BCUT2D eigenvalue weighted by atomic mass is 35.5. The molecule has 136 valence electrons. The molecular formula is C24H14Cl2O2. The molecule has 0 amide bonds. The number of carbonyl (C=O) groups excluding carboxylic acids is 2. The average molecular weight is 405 g/mol. The molecule has 0 aliphatic heterocycles. The number of benzene rings is 3. The molecule has 4 heteroatoms. The van der Waals surface area contributed by atoms with Crippen LogP contribution in [0.15, 0.2) is 84.9 Å². The Kier molecular flexibility index (Phi) is 4.99. The van der Waals surface area contributed by atoms with E-state index in [0.717, 1.165) is 22.3 Å². The number of rotatable bonds is 3. The van der Waals surface area contributed by atoms with E-state index in [-0.39, 0.29) is 0 Å². The summed E-state index contributed by atoms with van der Waals surface area (Å²) in [7, 11) is 0. The monoisotopic (exact) mass is 404 g/mol. The lowest BCUT2D eigenvalue weighted by Gasteiger charge is -2.16. The van der Waals surface area contributed by atoms with Gasteiger partial charge in [0, 0.05) is 15.6 Å². The van der Waals surface area contributed by atoms with E-state index < -0.39 is 11.6 Å². The molecule has 0 N–H and O–H groups in total. The molecule has 1 aliphatic rings. The number of hydrogen-bond donors (Lipinski definition) is 0. The van der Waals surface area contributed by atoms with Gasteiger partial charge >= 0.3 is 0 Å². The van der Waals surface area contributed by atoms with E-state index in [9.17, 15) is 9.59 Å². The minimum atomic E-state index is -0.517. The van der Waals surface area contributed by atoms with Crippen molar-refractivity contribution < 1.29 is 9.59 Å². The van der Waals surface area contributed by atoms with Crippen molar-refractivity contribution in [2.45, 2.75) is 0 Å². The van der Waals surface area contributed by atoms with Gasteiger partial charge in [-0.3, -0.25) is 9.59 Å². The van der Waals surface area contributed by atoms with E-state index in [1.807, 2.05) is 66.7 Å². The Hall–Kier alpha value is -2.94. The molecule has 1 aliphatic carbocycles. The van der Waals surface area contributed by atoms with Gasteiger partial charge < -0.3 is 0 Å². The molecule has 0 saturated carbocycles. The van der Waals surface area contributed by atoms with Crippen LogP contribution in [0.3, 0.4) is 0 Å². The summed E-state index contributed by atoms with van der Waals surface area (Å²) in [6.07, 6.45) is 3.33. The van der Waals surface area contributed by atoms with Crippen LogP contribution in [0.5, 0.6) is 0 Å². The first-order valence-electron chi connectivity index (χ1n) is 8.66. The second-order valence-electron chi connectivity index (χ2n) is 6.41. The summed E-state index contributed by atoms with van der Waals surface area (Å²) >= 11 is 12.1. The number of hydrogen-bond acceptors (Lipinski definition) is 2. The topological polar surface area (TPSA) is 34.1 Å². The van der Waals surface area contributed by atoms with Crippen LogP contribution >= 0.6 is 23.2 Å². The van der Waals surface area contributed by atoms with Crippen molar-refractivity contribution in [1.82, 2.24) is 0 Å². The van der Waals surface area contributed by atoms with Gasteiger partial charge in [0.25, 0.3) is 0 Å². The minimum absolute atomic E-state index is 0.424. The fraction of sp³-hybridized carbons (Fsp3) is 0. The number of carbonyl (C=O) groups is 2. The van der Waals surface area contributed by atoms with Crippen molar-refractivity contribution in [3.63, 3.8) is 0 Å². The first-order valence-corrected chi connectivity index (χ1v) is 9.42. The zero-order valence-corrected chi connectivity index (χ0v) is 16.2. The van der Waals surface area contributed by atoms with Crippen molar-refractivity contribution >= 4 is 45.9 Å². The normalized spacial score (nSPS) is 13.0. The zero-order chi connectivity index (χ0) is 19.7. The van der Waals surface area contributed by atoms with Crippen LogP contribution < -0.4 is 0 Å². The predicted octanol–water partition coefficient (Wildman–Crippen LogP) is 6.27. The van der Waals surface area contributed by atoms with Gasteiger partial charge in [-0.05, 0) is 64.3 Å². The van der Waals surface area contributed by atoms with Gasteiger partial charge in [0.2, 0.25) is 11.6 Å². The van der Waals surface area contributed by atoms with E-state index in [1.165, 1.54) is 6.08 Å². The maximum absolute atomic E-state index is 12.2. The fourth-order valence-electron chi connectivity index (χ4n) is 3.22. The highest BCUT2D eigenvalue weighted by Crippen LogP contribution is 2.32. The molecule has 0 saturated heterocycles. The van der Waals surface area contributed by atoms with Crippen LogP contribution in [-0.2, 0) is 4.79 Å². The average Bonchev–Trinajstić information content (AvgIpc) is 2.71. The molecule has 0 radical (unpaired) electrons. The Morgan fingerprint density at radius 2 is 1.18 bits per heavy atom. The second-order valence-corrected chi connectivity index (χ2v) is 7.28. The first-order chi connectivity index (χ1) is 13.5. The molecule has 0 unspecified atom stereocenters. The molecule has 2 nitrogen and oxygen atoms in total. The molecule has 3 aromatic rings. The van der Waals surface area contributed by atoms with Crippen LogP contribution in [0.1, 0.15) is 27.0 Å². The van der Waals surface area contributed by atoms with E-state index in [0.29, 0.717) is 21.2 Å². The standard InChI is InChI=1S/C24H14Cl2O2/c25-18-9-5-15(6-10-18)22(16-7-11-19(26)12-8-16)13-17-14-23(27)24(28)21-4-2-1-3-20(17)21/h1-14H. The molecule has 0 spiro atoms. The zero-order valence-electron chi connectivity index (χ0n) is 14.7. The second kappa shape index (κ2) is 7.59. The van der Waals surface area contributed by atoms with Crippen LogP contribution in [0.2, 0.25) is 10.0 Å². The molecule has 4 rings (SSSR count). The summed E-state index contributed by atoms with van der Waals surface area (Å²) in [5.74, 6) is -0.996. The van der Waals surface area contributed by atoms with Crippen LogP contribution in [0.25, 0.3) is 11.1 Å². The summed E-state index contributed by atoms with van der Waals surface area (Å²) in [6.45, 7) is 0. The summed E-state index contributed by atoms with van der Waals surface area (Å²) in [4.78, 5) is 24.4.